The zero-order chi connectivity index (χ0) is 24.2. The summed E-state index contributed by atoms with van der Waals surface area (Å²) in [5.74, 6) is 0.565. The summed E-state index contributed by atoms with van der Waals surface area (Å²) in [5.41, 5.74) is 1.34. The van der Waals surface area contributed by atoms with Crippen LogP contribution < -0.4 is 16.0 Å². The molecule has 2 aromatic heterocycles. The monoisotopic (exact) mass is 484 g/mol. The van der Waals surface area contributed by atoms with Gasteiger partial charge in [-0.15, -0.1) is 0 Å². The Hall–Kier alpha value is -3.40. The number of imidazole rings is 1. The SMILES string of the molecule is Cc1cccc(Oc2nc3c(c(=O)n(CCOCCO)c(=O)n3C)n2Cc2ccc(Cl)cc2)c1. The van der Waals surface area contributed by atoms with E-state index in [2.05, 4.69) is 4.98 Å². The molecule has 0 saturated heterocycles. The number of benzene rings is 2. The highest BCUT2D eigenvalue weighted by Gasteiger charge is 2.22. The minimum atomic E-state index is -0.511. The Morgan fingerprint density at radius 1 is 1.06 bits per heavy atom. The van der Waals surface area contributed by atoms with Crippen LogP contribution in [0.1, 0.15) is 11.1 Å². The zero-order valence-electron chi connectivity index (χ0n) is 18.9. The van der Waals surface area contributed by atoms with E-state index in [-0.39, 0.29) is 50.1 Å². The normalized spacial score (nSPS) is 11.3. The second kappa shape index (κ2) is 10.3. The number of aliphatic hydroxyl groups is 1. The van der Waals surface area contributed by atoms with Crippen LogP contribution in [0.4, 0.5) is 0 Å². The van der Waals surface area contributed by atoms with Crippen LogP contribution in [0.2, 0.25) is 5.02 Å². The maximum atomic E-state index is 13.5. The van der Waals surface area contributed by atoms with Gasteiger partial charge in [-0.05, 0) is 42.3 Å². The second-order valence-electron chi connectivity index (χ2n) is 7.83. The number of aryl methyl sites for hydroxylation is 2. The van der Waals surface area contributed by atoms with Crippen LogP contribution in [0.3, 0.4) is 0 Å². The third-order valence-electron chi connectivity index (χ3n) is 5.34. The number of hydrogen-bond donors (Lipinski definition) is 1. The fraction of sp³-hybridized carbons (Fsp3) is 0.292. The van der Waals surface area contributed by atoms with Crippen LogP contribution in [0.25, 0.3) is 11.2 Å². The van der Waals surface area contributed by atoms with Gasteiger partial charge in [-0.25, -0.2) is 4.79 Å². The summed E-state index contributed by atoms with van der Waals surface area (Å²) in [4.78, 5) is 30.9. The lowest BCUT2D eigenvalue weighted by atomic mass is 10.2. The average Bonchev–Trinajstić information content (AvgIpc) is 3.16. The van der Waals surface area contributed by atoms with Crippen molar-refractivity contribution in [2.75, 3.05) is 19.8 Å². The molecular formula is C24H25ClN4O5. The van der Waals surface area contributed by atoms with Crippen molar-refractivity contribution in [1.82, 2.24) is 18.7 Å². The van der Waals surface area contributed by atoms with Gasteiger partial charge in [0.2, 0.25) is 0 Å². The zero-order valence-corrected chi connectivity index (χ0v) is 19.7. The molecule has 0 atom stereocenters. The molecule has 0 fully saturated rings. The lowest BCUT2D eigenvalue weighted by Gasteiger charge is -2.12. The molecule has 0 spiro atoms. The van der Waals surface area contributed by atoms with E-state index in [9.17, 15) is 9.59 Å². The Balaban J connectivity index is 1.86. The van der Waals surface area contributed by atoms with Crippen molar-refractivity contribution < 1.29 is 14.6 Å². The molecule has 2 heterocycles. The van der Waals surface area contributed by atoms with Crippen LogP contribution in [0, 0.1) is 6.92 Å². The molecule has 34 heavy (non-hydrogen) atoms. The number of fused-ring (bicyclic) bond motifs is 1. The third kappa shape index (κ3) is 4.91. The van der Waals surface area contributed by atoms with Crippen molar-refractivity contribution >= 4 is 22.8 Å². The van der Waals surface area contributed by atoms with E-state index in [0.717, 1.165) is 15.7 Å². The molecule has 4 rings (SSSR count). The predicted octanol–water partition coefficient (Wildman–Crippen LogP) is 2.71. The van der Waals surface area contributed by atoms with Crippen LogP contribution >= 0.6 is 11.6 Å². The van der Waals surface area contributed by atoms with Gasteiger partial charge in [0.25, 0.3) is 5.56 Å². The lowest BCUT2D eigenvalue weighted by molar-refractivity contribution is 0.0858. The van der Waals surface area contributed by atoms with Gasteiger partial charge in [0, 0.05) is 12.1 Å². The van der Waals surface area contributed by atoms with Gasteiger partial charge in [0.15, 0.2) is 11.2 Å². The molecule has 0 saturated carbocycles. The van der Waals surface area contributed by atoms with Crippen molar-refractivity contribution in [3.05, 3.63) is 85.5 Å². The molecule has 0 bridgehead atoms. The van der Waals surface area contributed by atoms with E-state index >= 15 is 0 Å². The van der Waals surface area contributed by atoms with Crippen molar-refractivity contribution in [3.63, 3.8) is 0 Å². The molecule has 4 aromatic rings. The smallest absolute Gasteiger partial charge is 0.332 e. The van der Waals surface area contributed by atoms with Crippen molar-refractivity contribution in [1.29, 1.82) is 0 Å². The predicted molar refractivity (Wildman–Crippen MR) is 129 cm³/mol. The van der Waals surface area contributed by atoms with Crippen LogP contribution in [-0.2, 0) is 24.9 Å². The largest absolute Gasteiger partial charge is 0.425 e. The Bertz CT molecular complexity index is 1420. The topological polar surface area (TPSA) is 101 Å². The first-order valence-electron chi connectivity index (χ1n) is 10.8. The summed E-state index contributed by atoms with van der Waals surface area (Å²) in [6.45, 7) is 2.37. The molecule has 0 aliphatic rings. The van der Waals surface area contributed by atoms with Crippen molar-refractivity contribution in [2.24, 2.45) is 7.05 Å². The molecule has 1 N–H and O–H groups in total. The highest BCUT2D eigenvalue weighted by molar-refractivity contribution is 6.30. The minimum absolute atomic E-state index is 0.0433. The van der Waals surface area contributed by atoms with Gasteiger partial charge in [0.1, 0.15) is 5.75 Å². The highest BCUT2D eigenvalue weighted by Crippen LogP contribution is 2.26. The lowest BCUT2D eigenvalue weighted by Crippen LogP contribution is -2.40. The molecule has 2 aromatic carbocycles. The number of hydrogen-bond acceptors (Lipinski definition) is 6. The van der Waals surface area contributed by atoms with Crippen molar-refractivity contribution in [2.45, 2.75) is 20.0 Å². The fourth-order valence-electron chi connectivity index (χ4n) is 3.65. The van der Waals surface area contributed by atoms with Crippen LogP contribution in [0.5, 0.6) is 11.8 Å². The first kappa shape index (κ1) is 23.7. The first-order chi connectivity index (χ1) is 16.4. The summed E-state index contributed by atoms with van der Waals surface area (Å²) in [7, 11) is 1.56. The van der Waals surface area contributed by atoms with E-state index < -0.39 is 11.2 Å². The second-order valence-corrected chi connectivity index (χ2v) is 8.27. The number of nitrogens with zero attached hydrogens (tertiary/aromatic N) is 4. The van der Waals surface area contributed by atoms with E-state index in [4.69, 9.17) is 26.2 Å². The van der Waals surface area contributed by atoms with E-state index in [1.54, 1.807) is 29.8 Å². The Kier molecular flexibility index (Phi) is 7.16. The third-order valence-corrected chi connectivity index (χ3v) is 5.60. The van der Waals surface area contributed by atoms with Crippen LogP contribution in [0.15, 0.2) is 58.1 Å². The number of ether oxygens (including phenoxy) is 2. The van der Waals surface area contributed by atoms with Crippen LogP contribution in [-0.4, -0.2) is 43.6 Å². The van der Waals surface area contributed by atoms with Gasteiger partial charge in [-0.3, -0.25) is 18.5 Å². The molecule has 0 aliphatic heterocycles. The van der Waals surface area contributed by atoms with E-state index in [0.29, 0.717) is 10.8 Å². The van der Waals surface area contributed by atoms with Gasteiger partial charge >= 0.3 is 11.7 Å². The van der Waals surface area contributed by atoms with Gasteiger partial charge in [-0.2, -0.15) is 4.98 Å². The fourth-order valence-corrected chi connectivity index (χ4v) is 3.78. The summed E-state index contributed by atoms with van der Waals surface area (Å²) in [6.07, 6.45) is 0. The maximum absolute atomic E-state index is 13.5. The Morgan fingerprint density at radius 3 is 2.53 bits per heavy atom. The summed E-state index contributed by atoms with van der Waals surface area (Å²) < 4.78 is 15.4. The van der Waals surface area contributed by atoms with Gasteiger partial charge < -0.3 is 14.6 Å². The van der Waals surface area contributed by atoms with E-state index in [1.165, 1.54) is 4.57 Å². The standard InChI is InChI=1S/C24H25ClN4O5/c1-16-4-3-5-19(14-16)34-23-26-21-20(29(23)15-17-6-8-18(25)9-7-17)22(31)28(24(32)27(21)2)10-12-33-13-11-30/h3-9,14,30H,10-13,15H2,1-2H3. The summed E-state index contributed by atoms with van der Waals surface area (Å²) in [5, 5.41) is 9.50. The summed E-state index contributed by atoms with van der Waals surface area (Å²) >= 11 is 6.03. The molecule has 178 valence electrons. The quantitative estimate of drug-likeness (QED) is 0.367. The Labute approximate surface area is 200 Å². The molecule has 0 radical (unpaired) electrons. The molecule has 10 heteroatoms. The van der Waals surface area contributed by atoms with E-state index in [1.807, 2.05) is 37.3 Å². The van der Waals surface area contributed by atoms with Gasteiger partial charge in [0.05, 0.1) is 32.9 Å². The van der Waals surface area contributed by atoms with Crippen molar-refractivity contribution in [3.8, 4) is 11.8 Å². The molecule has 0 unspecified atom stereocenters. The minimum Gasteiger partial charge on any atom is -0.425 e. The van der Waals surface area contributed by atoms with Gasteiger partial charge in [-0.1, -0.05) is 35.9 Å². The molecule has 0 aliphatic carbocycles. The Morgan fingerprint density at radius 2 is 1.82 bits per heavy atom. The molecular weight excluding hydrogens is 460 g/mol. The molecule has 0 amide bonds. The molecule has 9 nitrogen and oxygen atoms in total. The first-order valence-corrected chi connectivity index (χ1v) is 11.1. The number of rotatable bonds is 9. The number of aromatic nitrogens is 4. The number of aliphatic hydroxyl groups excluding tert-OH is 1. The highest BCUT2D eigenvalue weighted by atomic mass is 35.5. The maximum Gasteiger partial charge on any atom is 0.332 e. The average molecular weight is 485 g/mol. The summed E-state index contributed by atoms with van der Waals surface area (Å²) in [6, 6.07) is 14.9. The number of halogens is 1.